The van der Waals surface area contributed by atoms with E-state index in [2.05, 4.69) is 0 Å². The van der Waals surface area contributed by atoms with Crippen LogP contribution in [0.15, 0.2) is 35.1 Å². The molecule has 0 radical (unpaired) electrons. The Bertz CT molecular complexity index is 1260. The maximum Gasteiger partial charge on any atom is 0.255 e. The number of aromatic hydroxyl groups is 1. The Kier molecular flexibility index (Phi) is 5.17. The number of amides is 1. The number of phenolic OH excluding ortho intramolecular Hbond substituents is 1. The normalized spacial score (nSPS) is 32.5. The largest absolute Gasteiger partial charge is 0.508 e. The third-order valence-corrected chi connectivity index (χ3v) is 8.56. The van der Waals surface area contributed by atoms with Crippen molar-refractivity contribution in [3.63, 3.8) is 0 Å². The molecule has 1 aromatic carbocycles. The minimum atomic E-state index is -2.72. The second kappa shape index (κ2) is 7.78. The highest BCUT2D eigenvalue weighted by atomic mass is 16.3. The van der Waals surface area contributed by atoms with Crippen LogP contribution in [0.1, 0.15) is 56.1 Å². The number of hydrogen-bond acceptors (Lipinski definition) is 8. The van der Waals surface area contributed by atoms with Crippen molar-refractivity contribution in [2.24, 2.45) is 29.4 Å². The summed E-state index contributed by atoms with van der Waals surface area (Å²) in [5.41, 5.74) is 2.07. The first-order valence-electron chi connectivity index (χ1n) is 11.8. The van der Waals surface area contributed by atoms with Gasteiger partial charge >= 0.3 is 0 Å². The van der Waals surface area contributed by atoms with E-state index in [1.807, 2.05) is 0 Å². The summed E-state index contributed by atoms with van der Waals surface area (Å²) in [6.45, 7) is 1.79. The van der Waals surface area contributed by atoms with Crippen molar-refractivity contribution in [3.05, 3.63) is 46.2 Å². The maximum absolute atomic E-state index is 13.8. The number of Topliss-reactive ketones (excluding diaryl/α,β-unsaturated/α-hetero) is 3. The van der Waals surface area contributed by atoms with Crippen molar-refractivity contribution < 1.29 is 39.6 Å². The monoisotopic (exact) mass is 481 g/mol. The van der Waals surface area contributed by atoms with Crippen molar-refractivity contribution >= 4 is 29.0 Å². The van der Waals surface area contributed by atoms with Crippen LogP contribution in [0.25, 0.3) is 5.76 Å². The van der Waals surface area contributed by atoms with Gasteiger partial charge in [-0.2, -0.15) is 0 Å². The number of aliphatic hydroxyl groups excluding tert-OH is 2. The number of carbonyl (C=O) groups excluding carboxylic acids is 4. The van der Waals surface area contributed by atoms with Gasteiger partial charge in [-0.05, 0) is 36.3 Å². The molecule has 0 bridgehead atoms. The molecule has 35 heavy (non-hydrogen) atoms. The highest BCUT2D eigenvalue weighted by Gasteiger charge is 2.65. The number of rotatable bonds is 4. The zero-order valence-electron chi connectivity index (χ0n) is 19.2. The van der Waals surface area contributed by atoms with Crippen LogP contribution in [0, 0.1) is 23.7 Å². The van der Waals surface area contributed by atoms with E-state index < -0.39 is 70.3 Å². The van der Waals surface area contributed by atoms with Gasteiger partial charge in [0.2, 0.25) is 5.78 Å². The molecule has 1 aromatic rings. The van der Waals surface area contributed by atoms with Gasteiger partial charge in [0, 0.05) is 36.2 Å². The van der Waals surface area contributed by atoms with Crippen LogP contribution in [-0.2, 0) is 19.2 Å². The predicted molar refractivity (Wildman–Crippen MR) is 122 cm³/mol. The maximum atomic E-state index is 13.8. The average Bonchev–Trinajstić information content (AvgIpc) is 2.74. The lowest BCUT2D eigenvalue weighted by Gasteiger charge is -2.52. The summed E-state index contributed by atoms with van der Waals surface area (Å²) in [5.74, 6) is -8.56. The smallest absolute Gasteiger partial charge is 0.255 e. The number of phenols is 1. The van der Waals surface area contributed by atoms with Crippen molar-refractivity contribution in [3.8, 4) is 5.75 Å². The molecule has 2 saturated carbocycles. The van der Waals surface area contributed by atoms with Crippen LogP contribution >= 0.6 is 0 Å². The molecule has 0 saturated heterocycles. The zero-order chi connectivity index (χ0) is 25.4. The molecule has 9 heteroatoms. The molecule has 0 heterocycles. The molecule has 0 aromatic heterocycles. The Labute approximate surface area is 200 Å². The van der Waals surface area contributed by atoms with E-state index >= 15 is 0 Å². The predicted octanol–water partition coefficient (Wildman–Crippen LogP) is 1.97. The van der Waals surface area contributed by atoms with E-state index in [0.29, 0.717) is 5.56 Å². The summed E-state index contributed by atoms with van der Waals surface area (Å²) in [4.78, 5) is 51.7. The molecule has 4 aliphatic rings. The Hall–Kier alpha value is -3.46. The van der Waals surface area contributed by atoms with E-state index in [1.54, 1.807) is 19.1 Å². The lowest BCUT2D eigenvalue weighted by Crippen LogP contribution is -2.62. The zero-order valence-corrected chi connectivity index (χ0v) is 19.2. The van der Waals surface area contributed by atoms with Gasteiger partial charge in [0.25, 0.3) is 5.91 Å². The van der Waals surface area contributed by atoms with Gasteiger partial charge < -0.3 is 26.2 Å². The van der Waals surface area contributed by atoms with Gasteiger partial charge in [-0.1, -0.05) is 25.5 Å². The van der Waals surface area contributed by atoms with Crippen LogP contribution < -0.4 is 5.73 Å². The first-order chi connectivity index (χ1) is 16.5. The number of nitrogens with two attached hydrogens (primary N) is 1. The number of primary amides is 1. The van der Waals surface area contributed by atoms with Crippen molar-refractivity contribution in [1.82, 2.24) is 0 Å². The summed E-state index contributed by atoms with van der Waals surface area (Å²) in [6.07, 6.45) is 1.87. The second-order valence-corrected chi connectivity index (χ2v) is 10.2. The molecule has 2 fully saturated rings. The first kappa shape index (κ1) is 23.3. The molecule has 0 spiro atoms. The number of carbonyl (C=O) groups is 4. The molecule has 1 amide bonds. The van der Waals surface area contributed by atoms with Crippen LogP contribution in [0.3, 0.4) is 0 Å². The molecule has 184 valence electrons. The fourth-order valence-electron chi connectivity index (χ4n) is 6.57. The van der Waals surface area contributed by atoms with Gasteiger partial charge in [0.1, 0.15) is 28.6 Å². The quantitative estimate of drug-likeness (QED) is 0.406. The van der Waals surface area contributed by atoms with E-state index in [-0.39, 0.29) is 35.0 Å². The Morgan fingerprint density at radius 3 is 2.43 bits per heavy atom. The van der Waals surface area contributed by atoms with Crippen molar-refractivity contribution in [2.45, 2.75) is 50.5 Å². The molecule has 5 atom stereocenters. The summed E-state index contributed by atoms with van der Waals surface area (Å²) in [5, 5.41) is 44.2. The fourth-order valence-corrected chi connectivity index (χ4v) is 6.57. The molecule has 0 unspecified atom stereocenters. The third kappa shape index (κ3) is 3.03. The van der Waals surface area contributed by atoms with Crippen molar-refractivity contribution in [2.75, 3.05) is 0 Å². The van der Waals surface area contributed by atoms with Gasteiger partial charge in [-0.3, -0.25) is 19.2 Å². The van der Waals surface area contributed by atoms with Crippen molar-refractivity contribution in [1.29, 1.82) is 0 Å². The van der Waals surface area contributed by atoms with Crippen LogP contribution in [-0.4, -0.2) is 49.3 Å². The summed E-state index contributed by atoms with van der Waals surface area (Å²) in [7, 11) is 0. The van der Waals surface area contributed by atoms with Crippen LogP contribution in [0.4, 0.5) is 0 Å². The number of fused-ring (bicyclic) bond motifs is 3. The van der Waals surface area contributed by atoms with Gasteiger partial charge in [-0.15, -0.1) is 0 Å². The van der Waals surface area contributed by atoms with Gasteiger partial charge in [-0.25, -0.2) is 0 Å². The summed E-state index contributed by atoms with van der Waals surface area (Å²) < 4.78 is 0. The third-order valence-electron chi connectivity index (χ3n) is 8.56. The highest BCUT2D eigenvalue weighted by molar-refractivity contribution is 6.23. The molecule has 9 nitrogen and oxygen atoms in total. The lowest BCUT2D eigenvalue weighted by atomic mass is 9.51. The minimum absolute atomic E-state index is 0.0381. The first-order valence-corrected chi connectivity index (χ1v) is 11.8. The number of benzene rings is 1. The van der Waals surface area contributed by atoms with Crippen LogP contribution in [0.5, 0.6) is 5.75 Å². The Balaban J connectivity index is 1.75. The number of hydrogen-bond donors (Lipinski definition) is 5. The molecule has 6 N–H and O–H groups in total. The Morgan fingerprint density at radius 2 is 1.83 bits per heavy atom. The minimum Gasteiger partial charge on any atom is -0.508 e. The van der Waals surface area contributed by atoms with E-state index in [1.165, 1.54) is 6.07 Å². The standard InChI is InChI=1S/C26H27NO8/c1-10-12-6-3-7-15(28)19(12)22(31)21-18(10)13(8-16(29)11-4-2-5-11)14-9-17(30)20(25(27)34)23(32)26(14,35)24(21)33/h3,6-7,10-11,13-14,18,28,31-32,35H,2,4-5,8-9H2,1H3,(H2,27,34)/t10-,13+,14+,18-,26+/m0/s1. The van der Waals surface area contributed by atoms with E-state index in [0.717, 1.165) is 19.3 Å². The molecular weight excluding hydrogens is 454 g/mol. The topological polar surface area (TPSA) is 175 Å². The van der Waals surface area contributed by atoms with Crippen LogP contribution in [0.2, 0.25) is 0 Å². The molecule has 5 rings (SSSR count). The fraction of sp³-hybridized carbons (Fsp3) is 0.462. The highest BCUT2D eigenvalue weighted by Crippen LogP contribution is 2.59. The SMILES string of the molecule is C[C@H]1c2cccc(O)c2C(O)=C2C(=O)[C@]3(O)C(O)=C(C(N)=O)C(=O)C[C@@H]3[C@@H](CC(=O)C3CCC3)[C@@H]21. The summed E-state index contributed by atoms with van der Waals surface area (Å²) in [6, 6.07) is 4.67. The second-order valence-electron chi connectivity index (χ2n) is 10.2. The van der Waals surface area contributed by atoms with Gasteiger partial charge in [0.15, 0.2) is 11.4 Å². The molecule has 0 aliphatic heterocycles. The molecular formula is C26H27NO8. The van der Waals surface area contributed by atoms with E-state index in [9.17, 15) is 39.6 Å². The number of aliphatic hydroxyl groups is 3. The lowest BCUT2D eigenvalue weighted by molar-refractivity contribution is -0.156. The summed E-state index contributed by atoms with van der Waals surface area (Å²) >= 11 is 0. The number of ketones is 3. The Morgan fingerprint density at radius 1 is 1.14 bits per heavy atom. The average molecular weight is 482 g/mol. The van der Waals surface area contributed by atoms with Gasteiger partial charge in [0.05, 0.1) is 5.56 Å². The van der Waals surface area contributed by atoms with E-state index in [4.69, 9.17) is 5.73 Å². The molecule has 4 aliphatic carbocycles.